The van der Waals surface area contributed by atoms with Gasteiger partial charge in [0.25, 0.3) is 0 Å². The molecule has 1 saturated heterocycles. The highest BCUT2D eigenvalue weighted by molar-refractivity contribution is 5.73. The van der Waals surface area contributed by atoms with Crippen LogP contribution in [0.3, 0.4) is 0 Å². The van der Waals surface area contributed by atoms with Crippen LogP contribution in [0, 0.1) is 13.8 Å². The van der Waals surface area contributed by atoms with Gasteiger partial charge in [-0.3, -0.25) is 4.90 Å². The number of hydrogen-bond donors (Lipinski definition) is 1. The zero-order valence-corrected chi connectivity index (χ0v) is 18.1. The van der Waals surface area contributed by atoms with Gasteiger partial charge in [-0.1, -0.05) is 0 Å². The summed E-state index contributed by atoms with van der Waals surface area (Å²) < 4.78 is 12.8. The van der Waals surface area contributed by atoms with Crippen LogP contribution in [-0.2, 0) is 0 Å². The normalized spacial score (nSPS) is 15.0. The minimum atomic E-state index is 0.200. The van der Waals surface area contributed by atoms with E-state index in [4.69, 9.17) is 19.6 Å². The lowest BCUT2D eigenvalue weighted by atomic mass is 10.1. The number of methoxy groups -OCH3 is 2. The first kappa shape index (κ1) is 20.4. The summed E-state index contributed by atoms with van der Waals surface area (Å²) in [7, 11) is 3.27. The van der Waals surface area contributed by atoms with Crippen molar-refractivity contribution in [2.24, 2.45) is 0 Å². The van der Waals surface area contributed by atoms with E-state index in [2.05, 4.69) is 22.8 Å². The predicted octanol–water partition coefficient (Wildman–Crippen LogP) is 2.14. The van der Waals surface area contributed by atoms with E-state index in [1.807, 2.05) is 29.6 Å². The van der Waals surface area contributed by atoms with Crippen molar-refractivity contribution in [3.8, 4) is 22.8 Å². The standard InChI is InChI=1S/C22H29N5O3/c1-15-13-20(26-9-7-25(8-10-26)11-12-28)27-22(23-15)16(2)21(24-27)17-5-6-18(29-3)19(14-17)30-4/h5-6,13-14,28H,7-12H2,1-4H3. The van der Waals surface area contributed by atoms with Crippen molar-refractivity contribution < 1.29 is 14.6 Å². The Hall–Kier alpha value is -2.84. The number of hydrogen-bond acceptors (Lipinski definition) is 7. The fraction of sp³-hybridized carbons (Fsp3) is 0.455. The molecule has 0 saturated carbocycles. The quantitative estimate of drug-likeness (QED) is 0.666. The van der Waals surface area contributed by atoms with Crippen molar-refractivity contribution >= 4 is 11.5 Å². The summed E-state index contributed by atoms with van der Waals surface area (Å²) in [6, 6.07) is 7.95. The average molecular weight is 412 g/mol. The molecule has 0 amide bonds. The van der Waals surface area contributed by atoms with Crippen molar-refractivity contribution in [2.45, 2.75) is 13.8 Å². The SMILES string of the molecule is COc1ccc(-c2nn3c(N4CCN(CCO)CC4)cc(C)nc3c2C)cc1OC. The molecule has 1 N–H and O–H groups in total. The van der Waals surface area contributed by atoms with Crippen LogP contribution < -0.4 is 14.4 Å². The van der Waals surface area contributed by atoms with E-state index in [1.54, 1.807) is 14.2 Å². The van der Waals surface area contributed by atoms with Gasteiger partial charge in [-0.15, -0.1) is 0 Å². The highest BCUT2D eigenvalue weighted by atomic mass is 16.5. The van der Waals surface area contributed by atoms with Gasteiger partial charge in [0, 0.05) is 55.6 Å². The van der Waals surface area contributed by atoms with Crippen LogP contribution in [0.4, 0.5) is 5.82 Å². The zero-order valence-electron chi connectivity index (χ0n) is 18.1. The Morgan fingerprint density at radius 2 is 1.73 bits per heavy atom. The molecule has 30 heavy (non-hydrogen) atoms. The molecule has 1 aliphatic heterocycles. The number of rotatable bonds is 6. The van der Waals surface area contributed by atoms with Crippen LogP contribution in [0.2, 0.25) is 0 Å². The minimum absolute atomic E-state index is 0.200. The van der Waals surface area contributed by atoms with Gasteiger partial charge in [0.1, 0.15) is 5.82 Å². The molecule has 0 unspecified atom stereocenters. The van der Waals surface area contributed by atoms with Gasteiger partial charge < -0.3 is 19.5 Å². The monoisotopic (exact) mass is 411 g/mol. The van der Waals surface area contributed by atoms with Crippen LogP contribution in [0.15, 0.2) is 24.3 Å². The molecule has 1 fully saturated rings. The van der Waals surface area contributed by atoms with Gasteiger partial charge >= 0.3 is 0 Å². The average Bonchev–Trinajstić information content (AvgIpc) is 3.10. The third kappa shape index (κ3) is 3.68. The van der Waals surface area contributed by atoms with Crippen LogP contribution >= 0.6 is 0 Å². The van der Waals surface area contributed by atoms with Crippen molar-refractivity contribution in [2.75, 3.05) is 58.5 Å². The largest absolute Gasteiger partial charge is 0.493 e. The number of aliphatic hydroxyl groups is 1. The third-order valence-corrected chi connectivity index (χ3v) is 5.70. The number of aryl methyl sites for hydroxylation is 2. The van der Waals surface area contributed by atoms with Gasteiger partial charge in [0.2, 0.25) is 0 Å². The van der Waals surface area contributed by atoms with Gasteiger partial charge in [-0.25, -0.2) is 4.98 Å². The highest BCUT2D eigenvalue weighted by Gasteiger charge is 2.22. The summed E-state index contributed by atoms with van der Waals surface area (Å²) in [5, 5.41) is 14.1. The molecule has 0 atom stereocenters. The molecule has 3 aromatic rings. The topological polar surface area (TPSA) is 75.4 Å². The predicted molar refractivity (Wildman–Crippen MR) is 117 cm³/mol. The Morgan fingerprint density at radius 1 is 1.00 bits per heavy atom. The molecule has 0 aliphatic carbocycles. The summed E-state index contributed by atoms with van der Waals surface area (Å²) in [6.45, 7) is 8.64. The van der Waals surface area contributed by atoms with Crippen molar-refractivity contribution in [1.82, 2.24) is 19.5 Å². The number of ether oxygens (including phenoxy) is 2. The van der Waals surface area contributed by atoms with Crippen molar-refractivity contribution in [3.63, 3.8) is 0 Å². The Bertz CT molecular complexity index is 1040. The van der Waals surface area contributed by atoms with Gasteiger partial charge in [0.15, 0.2) is 17.1 Å². The maximum absolute atomic E-state index is 9.20. The molecular formula is C22H29N5O3. The first-order valence-electron chi connectivity index (χ1n) is 10.2. The minimum Gasteiger partial charge on any atom is -0.493 e. The fourth-order valence-electron chi connectivity index (χ4n) is 4.05. The summed E-state index contributed by atoms with van der Waals surface area (Å²) in [5.74, 6) is 2.42. The molecule has 3 heterocycles. The van der Waals surface area contributed by atoms with E-state index < -0.39 is 0 Å². The van der Waals surface area contributed by atoms with Crippen LogP contribution in [-0.4, -0.2) is 78.2 Å². The van der Waals surface area contributed by atoms with E-state index in [0.717, 1.165) is 66.7 Å². The Kier molecular flexibility index (Phi) is 5.78. The van der Waals surface area contributed by atoms with Crippen molar-refractivity contribution in [1.29, 1.82) is 0 Å². The number of fused-ring (bicyclic) bond motifs is 1. The van der Waals surface area contributed by atoms with E-state index in [9.17, 15) is 5.11 Å². The lowest BCUT2D eigenvalue weighted by molar-refractivity contribution is 0.188. The number of β-amino-alcohol motifs (C(OH)–C–C–N with tert-alkyl or cyclic N) is 1. The molecule has 2 aromatic heterocycles. The highest BCUT2D eigenvalue weighted by Crippen LogP contribution is 2.34. The molecular weight excluding hydrogens is 382 g/mol. The molecule has 8 nitrogen and oxygen atoms in total. The summed E-state index contributed by atoms with van der Waals surface area (Å²) in [6.07, 6.45) is 0. The number of nitrogens with zero attached hydrogens (tertiary/aromatic N) is 5. The second kappa shape index (κ2) is 8.49. The number of anilines is 1. The first-order valence-corrected chi connectivity index (χ1v) is 10.2. The van der Waals surface area contributed by atoms with Gasteiger partial charge in [0.05, 0.1) is 26.5 Å². The van der Waals surface area contributed by atoms with E-state index in [0.29, 0.717) is 11.5 Å². The van der Waals surface area contributed by atoms with E-state index in [1.165, 1.54) is 0 Å². The lowest BCUT2D eigenvalue weighted by Gasteiger charge is -2.35. The van der Waals surface area contributed by atoms with E-state index in [-0.39, 0.29) is 6.61 Å². The Labute approximate surface area is 176 Å². The molecule has 0 radical (unpaired) electrons. The van der Waals surface area contributed by atoms with Crippen LogP contribution in [0.25, 0.3) is 16.9 Å². The molecule has 8 heteroatoms. The zero-order chi connectivity index (χ0) is 21.3. The van der Waals surface area contributed by atoms with E-state index >= 15 is 0 Å². The maximum atomic E-state index is 9.20. The number of piperazine rings is 1. The summed E-state index contributed by atoms with van der Waals surface area (Å²) >= 11 is 0. The molecule has 1 aromatic carbocycles. The molecule has 4 rings (SSSR count). The van der Waals surface area contributed by atoms with Crippen molar-refractivity contribution in [3.05, 3.63) is 35.5 Å². The second-order valence-electron chi connectivity index (χ2n) is 7.59. The van der Waals surface area contributed by atoms with Crippen LogP contribution in [0.5, 0.6) is 11.5 Å². The van der Waals surface area contributed by atoms with Gasteiger partial charge in [-0.2, -0.15) is 9.61 Å². The fourth-order valence-corrected chi connectivity index (χ4v) is 4.05. The Morgan fingerprint density at radius 3 is 2.40 bits per heavy atom. The number of aliphatic hydroxyl groups excluding tert-OH is 1. The Balaban J connectivity index is 1.75. The lowest BCUT2D eigenvalue weighted by Crippen LogP contribution is -2.47. The number of aromatic nitrogens is 3. The smallest absolute Gasteiger partial charge is 0.161 e. The molecule has 1 aliphatic rings. The number of benzene rings is 1. The second-order valence-corrected chi connectivity index (χ2v) is 7.59. The molecule has 0 spiro atoms. The molecule has 0 bridgehead atoms. The summed E-state index contributed by atoms with van der Waals surface area (Å²) in [5.41, 5.74) is 4.72. The first-order chi connectivity index (χ1) is 14.5. The molecule has 160 valence electrons. The summed E-state index contributed by atoms with van der Waals surface area (Å²) in [4.78, 5) is 9.40. The van der Waals surface area contributed by atoms with Gasteiger partial charge in [-0.05, 0) is 32.0 Å². The van der Waals surface area contributed by atoms with Crippen LogP contribution in [0.1, 0.15) is 11.3 Å². The third-order valence-electron chi connectivity index (χ3n) is 5.70. The maximum Gasteiger partial charge on any atom is 0.161 e.